The van der Waals surface area contributed by atoms with Gasteiger partial charge in [-0.3, -0.25) is 39.2 Å². The normalized spacial score (nSPS) is 11.5. The Kier molecular flexibility index (Phi) is 10.3. The van der Waals surface area contributed by atoms with E-state index in [0.29, 0.717) is 69.2 Å². The number of nitrogens with two attached hydrogens (primary N) is 3. The predicted molar refractivity (Wildman–Crippen MR) is 201 cm³/mol. The topological polar surface area (TPSA) is 251 Å². The lowest BCUT2D eigenvalue weighted by atomic mass is 10.1. The van der Waals surface area contributed by atoms with Gasteiger partial charge in [0.1, 0.15) is 22.7 Å². The number of nitrogens with zero attached hydrogens (tertiary/aromatic N) is 8. The van der Waals surface area contributed by atoms with Crippen LogP contribution in [0.2, 0.25) is 0 Å². The third kappa shape index (κ3) is 7.01. The summed E-state index contributed by atoms with van der Waals surface area (Å²) in [6.07, 6.45) is 3.68. The number of allylic oxidation sites excluding steroid dienone is 2. The van der Waals surface area contributed by atoms with Gasteiger partial charge in [0.15, 0.2) is 0 Å². The van der Waals surface area contributed by atoms with Crippen molar-refractivity contribution in [1.29, 1.82) is 0 Å². The van der Waals surface area contributed by atoms with Crippen molar-refractivity contribution in [2.45, 2.75) is 60.4 Å². The molecule has 18 heteroatoms. The van der Waals surface area contributed by atoms with E-state index in [-0.39, 0.29) is 42.7 Å². The molecular formula is C36H41N13O5. The average Bonchev–Trinajstić information content (AvgIpc) is 3.91. The molecular weight excluding hydrogens is 694 g/mol. The van der Waals surface area contributed by atoms with E-state index in [1.807, 2.05) is 26.0 Å². The lowest BCUT2D eigenvalue weighted by Crippen LogP contribution is -2.20. The number of rotatable bonds is 14. The summed E-state index contributed by atoms with van der Waals surface area (Å²) in [4.78, 5) is 60.7. The molecule has 6 rings (SSSR count). The van der Waals surface area contributed by atoms with E-state index >= 15 is 0 Å². The molecule has 4 amide bonds. The number of benzene rings is 2. The molecule has 4 heterocycles. The number of carbonyl (C=O) groups is 4. The lowest BCUT2D eigenvalue weighted by molar-refractivity contribution is 0.0992. The van der Waals surface area contributed by atoms with E-state index in [1.165, 1.54) is 19.2 Å². The highest BCUT2D eigenvalue weighted by Gasteiger charge is 2.23. The van der Waals surface area contributed by atoms with Gasteiger partial charge < -0.3 is 31.1 Å². The van der Waals surface area contributed by atoms with Gasteiger partial charge in [0.2, 0.25) is 23.7 Å². The van der Waals surface area contributed by atoms with Crippen LogP contribution in [0.15, 0.2) is 48.6 Å². The number of anilines is 2. The molecule has 4 aromatic heterocycles. The molecule has 0 aliphatic heterocycles. The van der Waals surface area contributed by atoms with Crippen molar-refractivity contribution in [3.05, 3.63) is 88.0 Å². The molecule has 0 atom stereocenters. The first-order valence-electron chi connectivity index (χ1n) is 17.1. The quantitative estimate of drug-likeness (QED) is 0.102. The monoisotopic (exact) mass is 735 g/mol. The summed E-state index contributed by atoms with van der Waals surface area (Å²) in [5.74, 6) is -1.44. The molecule has 6 aromatic rings. The molecule has 0 spiro atoms. The molecule has 0 saturated carbocycles. The SMILES string of the molecule is CCn1nc(C)cc1C(=O)Nc1nc2cc(C(N)=O)cc(CN)c2n1C/C=C/Cn1c(NC(=O)c2cc(C)nn2CC)nc2cc(C(N)=O)cc(OC)c21. The fourth-order valence-electron chi connectivity index (χ4n) is 6.36. The van der Waals surface area contributed by atoms with E-state index < -0.39 is 23.6 Å². The first-order chi connectivity index (χ1) is 25.9. The van der Waals surface area contributed by atoms with Crippen LogP contribution in [0.4, 0.5) is 11.9 Å². The maximum absolute atomic E-state index is 13.5. The molecule has 0 aliphatic rings. The van der Waals surface area contributed by atoms with Gasteiger partial charge >= 0.3 is 0 Å². The molecule has 18 nitrogen and oxygen atoms in total. The number of fused-ring (bicyclic) bond motifs is 2. The Balaban J connectivity index is 1.39. The molecule has 54 heavy (non-hydrogen) atoms. The van der Waals surface area contributed by atoms with Gasteiger partial charge in [0, 0.05) is 43.9 Å². The smallest absolute Gasteiger partial charge is 0.276 e. The number of carbonyl (C=O) groups excluding carboxylic acids is 4. The third-order valence-electron chi connectivity index (χ3n) is 8.80. The Morgan fingerprint density at radius 3 is 1.63 bits per heavy atom. The van der Waals surface area contributed by atoms with Crippen LogP contribution in [0.3, 0.4) is 0 Å². The van der Waals surface area contributed by atoms with Gasteiger partial charge in [-0.15, -0.1) is 0 Å². The number of methoxy groups -OCH3 is 1. The number of primary amides is 2. The summed E-state index contributed by atoms with van der Waals surface area (Å²) in [7, 11) is 1.46. The molecule has 0 saturated heterocycles. The van der Waals surface area contributed by atoms with Crippen molar-refractivity contribution >= 4 is 57.6 Å². The van der Waals surface area contributed by atoms with Crippen molar-refractivity contribution in [2.24, 2.45) is 17.2 Å². The van der Waals surface area contributed by atoms with Gasteiger partial charge in [-0.2, -0.15) is 10.2 Å². The predicted octanol–water partition coefficient (Wildman–Crippen LogP) is 2.86. The summed E-state index contributed by atoms with van der Waals surface area (Å²) in [6.45, 7) is 8.78. The minimum absolute atomic E-state index is 0.0653. The van der Waals surface area contributed by atoms with Crippen molar-refractivity contribution in [2.75, 3.05) is 17.7 Å². The number of amides is 4. The Labute approximate surface area is 308 Å². The van der Waals surface area contributed by atoms with E-state index in [1.54, 1.807) is 56.6 Å². The van der Waals surface area contributed by atoms with E-state index in [0.717, 1.165) is 0 Å². The summed E-state index contributed by atoms with van der Waals surface area (Å²) in [6, 6.07) is 9.58. The van der Waals surface area contributed by atoms with Crippen LogP contribution in [0.1, 0.15) is 72.5 Å². The molecule has 280 valence electrons. The zero-order chi connectivity index (χ0) is 38.8. The Morgan fingerprint density at radius 2 is 1.19 bits per heavy atom. The number of hydrogen-bond donors (Lipinski definition) is 5. The van der Waals surface area contributed by atoms with Gasteiger partial charge in [-0.05, 0) is 69.7 Å². The van der Waals surface area contributed by atoms with E-state index in [2.05, 4.69) is 30.8 Å². The van der Waals surface area contributed by atoms with E-state index in [4.69, 9.17) is 21.9 Å². The van der Waals surface area contributed by atoms with Gasteiger partial charge in [0.25, 0.3) is 11.8 Å². The van der Waals surface area contributed by atoms with Crippen LogP contribution in [0.25, 0.3) is 22.1 Å². The second-order valence-corrected chi connectivity index (χ2v) is 12.4. The van der Waals surface area contributed by atoms with Crippen molar-refractivity contribution < 1.29 is 23.9 Å². The van der Waals surface area contributed by atoms with Crippen LogP contribution >= 0.6 is 0 Å². The summed E-state index contributed by atoms with van der Waals surface area (Å²) in [5.41, 5.74) is 22.3. The zero-order valence-electron chi connectivity index (χ0n) is 30.5. The summed E-state index contributed by atoms with van der Waals surface area (Å²) < 4.78 is 12.4. The van der Waals surface area contributed by atoms with Crippen LogP contribution in [0, 0.1) is 13.8 Å². The molecule has 0 bridgehead atoms. The van der Waals surface area contributed by atoms with Crippen LogP contribution < -0.4 is 32.6 Å². The average molecular weight is 736 g/mol. The van der Waals surface area contributed by atoms with Crippen LogP contribution in [-0.4, -0.2) is 69.4 Å². The lowest BCUT2D eigenvalue weighted by Gasteiger charge is -2.12. The number of nitrogens with one attached hydrogen (secondary N) is 2. The fraction of sp³-hybridized carbons (Fsp3) is 0.278. The minimum Gasteiger partial charge on any atom is -0.494 e. The van der Waals surface area contributed by atoms with Crippen molar-refractivity contribution in [1.82, 2.24) is 38.7 Å². The molecule has 0 radical (unpaired) electrons. The highest BCUT2D eigenvalue weighted by atomic mass is 16.5. The van der Waals surface area contributed by atoms with Gasteiger partial charge in [0.05, 0.1) is 35.0 Å². The maximum atomic E-state index is 13.5. The summed E-state index contributed by atoms with van der Waals surface area (Å²) >= 11 is 0. The number of aromatic nitrogens is 8. The maximum Gasteiger partial charge on any atom is 0.276 e. The van der Waals surface area contributed by atoms with Gasteiger partial charge in [-0.25, -0.2) is 9.97 Å². The van der Waals surface area contributed by atoms with Crippen LogP contribution in [0.5, 0.6) is 5.75 Å². The number of hydrogen-bond acceptors (Lipinski definition) is 10. The fourth-order valence-corrected chi connectivity index (χ4v) is 6.36. The van der Waals surface area contributed by atoms with Gasteiger partial charge in [-0.1, -0.05) is 12.2 Å². The molecule has 0 aliphatic carbocycles. The molecule has 2 aromatic carbocycles. The van der Waals surface area contributed by atoms with Crippen LogP contribution in [-0.2, 0) is 32.7 Å². The van der Waals surface area contributed by atoms with Crippen molar-refractivity contribution in [3.63, 3.8) is 0 Å². The highest BCUT2D eigenvalue weighted by molar-refractivity contribution is 6.05. The Hall–Kier alpha value is -6.82. The Morgan fingerprint density at radius 1 is 0.722 bits per heavy atom. The minimum atomic E-state index is -0.665. The first kappa shape index (κ1) is 37.0. The second kappa shape index (κ2) is 15.0. The number of aryl methyl sites for hydroxylation is 4. The second-order valence-electron chi connectivity index (χ2n) is 12.4. The number of imidazole rings is 2. The molecule has 0 unspecified atom stereocenters. The highest BCUT2D eigenvalue weighted by Crippen LogP contribution is 2.31. The zero-order valence-corrected chi connectivity index (χ0v) is 30.5. The van der Waals surface area contributed by atoms with Crippen molar-refractivity contribution in [3.8, 4) is 5.75 Å². The summed E-state index contributed by atoms with van der Waals surface area (Å²) in [5, 5.41) is 14.6. The van der Waals surface area contributed by atoms with E-state index in [9.17, 15) is 19.2 Å². The molecule has 8 N–H and O–H groups in total. The standard InChI is InChI=1S/C36H41N13O5/c1-6-48-26(12-19(3)44-48)33(52)42-35-40-24-15-21(31(38)50)14-23(18-37)29(24)46(35)10-8-9-11-47-30-25(16-22(32(39)51)17-28(30)54-5)41-36(47)43-34(53)27-13-20(4)45-49(27)7-2/h8-9,12-17H,6-7,10-11,18,37H2,1-5H3,(H2,38,50)(H2,39,51)(H,40,42,52)(H,41,43,53)/b9-8+. The third-order valence-corrected chi connectivity index (χ3v) is 8.80. The number of ether oxygens (including phenoxy) is 1. The molecule has 0 fully saturated rings. The first-order valence-corrected chi connectivity index (χ1v) is 17.1. The largest absolute Gasteiger partial charge is 0.494 e. The Bertz CT molecular complexity index is 2310.